The van der Waals surface area contributed by atoms with Gasteiger partial charge in [0.1, 0.15) is 0 Å². The van der Waals surface area contributed by atoms with Gasteiger partial charge in [-0.3, -0.25) is 0 Å². The Kier molecular flexibility index (Phi) is 4.15. The topological polar surface area (TPSA) is 52.0 Å². The third-order valence-electron chi connectivity index (χ3n) is 3.35. The number of hydrogen-bond acceptors (Lipinski definition) is 2. The van der Waals surface area contributed by atoms with Crippen LogP contribution >= 0.6 is 0 Å². The molecule has 4 N–H and O–H groups in total. The SMILES string of the molecule is Nc1ccc(-c2ccc(N)cc2C(F)(F)C(F)(F)C(F)(F)F)cc1. The van der Waals surface area contributed by atoms with Crippen LogP contribution in [-0.4, -0.2) is 12.1 Å². The van der Waals surface area contributed by atoms with Gasteiger partial charge in [0.25, 0.3) is 0 Å². The summed E-state index contributed by atoms with van der Waals surface area (Å²) in [6, 6.07) is 7.54. The molecule has 0 saturated carbocycles. The van der Waals surface area contributed by atoms with Crippen molar-refractivity contribution in [2.75, 3.05) is 11.5 Å². The zero-order valence-corrected chi connectivity index (χ0v) is 11.8. The van der Waals surface area contributed by atoms with Crippen molar-refractivity contribution in [3.05, 3.63) is 48.0 Å². The van der Waals surface area contributed by atoms with Crippen molar-refractivity contribution >= 4 is 11.4 Å². The highest BCUT2D eigenvalue weighted by Crippen LogP contribution is 2.53. The van der Waals surface area contributed by atoms with E-state index in [-0.39, 0.29) is 16.9 Å². The number of halogens is 7. The molecule has 9 heteroatoms. The molecular weight excluding hydrogens is 341 g/mol. The van der Waals surface area contributed by atoms with E-state index in [0.717, 1.165) is 12.1 Å². The molecule has 0 aliphatic heterocycles. The molecule has 0 radical (unpaired) electrons. The third kappa shape index (κ3) is 2.85. The standard InChI is InChI=1S/C15H11F7N2/c16-13(17,14(18,19)15(20,21)22)12-7-10(24)5-6-11(12)8-1-3-9(23)4-2-8/h1-7H,23-24H2. The van der Waals surface area contributed by atoms with Crippen LogP contribution in [0.15, 0.2) is 42.5 Å². The van der Waals surface area contributed by atoms with Crippen molar-refractivity contribution in [1.29, 1.82) is 0 Å². The van der Waals surface area contributed by atoms with Crippen LogP contribution in [0, 0.1) is 0 Å². The van der Waals surface area contributed by atoms with E-state index in [1.54, 1.807) is 0 Å². The number of nitrogen functional groups attached to an aromatic ring is 2. The summed E-state index contributed by atoms with van der Waals surface area (Å²) in [4.78, 5) is 0. The maximum atomic E-state index is 14.1. The van der Waals surface area contributed by atoms with Gasteiger partial charge in [-0.1, -0.05) is 18.2 Å². The second-order valence-corrected chi connectivity index (χ2v) is 5.07. The van der Waals surface area contributed by atoms with Crippen LogP contribution in [0.3, 0.4) is 0 Å². The molecule has 24 heavy (non-hydrogen) atoms. The summed E-state index contributed by atoms with van der Waals surface area (Å²) in [6.07, 6.45) is -6.43. The first-order chi connectivity index (χ1) is 10.9. The molecule has 0 aromatic heterocycles. The fourth-order valence-corrected chi connectivity index (χ4v) is 2.08. The number of anilines is 2. The summed E-state index contributed by atoms with van der Waals surface area (Å²) in [6.45, 7) is 0. The second-order valence-electron chi connectivity index (χ2n) is 5.07. The lowest BCUT2D eigenvalue weighted by Crippen LogP contribution is -2.50. The molecule has 2 rings (SSSR count). The average Bonchev–Trinajstić information content (AvgIpc) is 2.47. The molecular formula is C15H11F7N2. The number of alkyl halides is 7. The van der Waals surface area contributed by atoms with Crippen LogP contribution in [0.1, 0.15) is 5.56 Å². The molecule has 0 heterocycles. The summed E-state index contributed by atoms with van der Waals surface area (Å²) < 4.78 is 92.1. The van der Waals surface area contributed by atoms with Gasteiger partial charge in [-0.25, -0.2) is 0 Å². The summed E-state index contributed by atoms with van der Waals surface area (Å²) >= 11 is 0. The van der Waals surface area contributed by atoms with Crippen LogP contribution in [0.25, 0.3) is 11.1 Å². The van der Waals surface area contributed by atoms with Gasteiger partial charge in [0.05, 0.1) is 0 Å². The third-order valence-corrected chi connectivity index (χ3v) is 3.35. The Hall–Kier alpha value is -2.45. The molecule has 130 valence electrons. The predicted molar refractivity (Wildman–Crippen MR) is 75.6 cm³/mol. The van der Waals surface area contributed by atoms with E-state index in [0.29, 0.717) is 6.07 Å². The number of hydrogen-bond donors (Lipinski definition) is 2. The maximum Gasteiger partial charge on any atom is 0.460 e. The smallest absolute Gasteiger partial charge is 0.399 e. The molecule has 0 aliphatic carbocycles. The highest BCUT2D eigenvalue weighted by molar-refractivity contribution is 5.72. The molecule has 0 aliphatic rings. The lowest BCUT2D eigenvalue weighted by atomic mass is 9.91. The van der Waals surface area contributed by atoms with E-state index >= 15 is 0 Å². The number of benzene rings is 2. The lowest BCUT2D eigenvalue weighted by molar-refractivity contribution is -0.359. The summed E-state index contributed by atoms with van der Waals surface area (Å²) in [5, 5.41) is 0. The van der Waals surface area contributed by atoms with E-state index in [9.17, 15) is 30.7 Å². The summed E-state index contributed by atoms with van der Waals surface area (Å²) in [5.41, 5.74) is 8.61. The van der Waals surface area contributed by atoms with Gasteiger partial charge in [-0.05, 0) is 35.4 Å². The highest BCUT2D eigenvalue weighted by atomic mass is 19.4. The molecule has 0 atom stereocenters. The zero-order chi connectivity index (χ0) is 18.3. The average molecular weight is 352 g/mol. The van der Waals surface area contributed by atoms with Gasteiger partial charge in [0.2, 0.25) is 0 Å². The van der Waals surface area contributed by atoms with Crippen molar-refractivity contribution in [2.24, 2.45) is 0 Å². The highest BCUT2D eigenvalue weighted by Gasteiger charge is 2.73. The van der Waals surface area contributed by atoms with Crippen molar-refractivity contribution in [1.82, 2.24) is 0 Å². The molecule has 0 bridgehead atoms. The molecule has 0 amide bonds. The van der Waals surface area contributed by atoms with Crippen molar-refractivity contribution in [3.63, 3.8) is 0 Å². The largest absolute Gasteiger partial charge is 0.460 e. The van der Waals surface area contributed by atoms with Gasteiger partial charge < -0.3 is 11.5 Å². The van der Waals surface area contributed by atoms with Gasteiger partial charge in [-0.15, -0.1) is 0 Å². The van der Waals surface area contributed by atoms with Gasteiger partial charge in [-0.2, -0.15) is 30.7 Å². The fraction of sp³-hybridized carbons (Fsp3) is 0.200. The van der Waals surface area contributed by atoms with E-state index in [1.807, 2.05) is 0 Å². The predicted octanol–water partition coefficient (Wildman–Crippen LogP) is 4.81. The van der Waals surface area contributed by atoms with Gasteiger partial charge in [0, 0.05) is 16.9 Å². The number of rotatable bonds is 3. The monoisotopic (exact) mass is 352 g/mol. The maximum absolute atomic E-state index is 14.1. The second kappa shape index (κ2) is 5.57. The van der Waals surface area contributed by atoms with E-state index in [4.69, 9.17) is 11.5 Å². The van der Waals surface area contributed by atoms with Gasteiger partial charge in [0.15, 0.2) is 0 Å². The normalized spacial score (nSPS) is 13.1. The minimum absolute atomic E-state index is 0.00292. The molecule has 2 aromatic carbocycles. The zero-order valence-electron chi connectivity index (χ0n) is 11.8. The lowest BCUT2D eigenvalue weighted by Gasteiger charge is -2.30. The summed E-state index contributed by atoms with van der Waals surface area (Å²) in [5.74, 6) is -11.8. The first-order valence-corrected chi connectivity index (χ1v) is 6.46. The quantitative estimate of drug-likeness (QED) is 0.615. The molecule has 2 aromatic rings. The van der Waals surface area contributed by atoms with Gasteiger partial charge >= 0.3 is 18.0 Å². The first-order valence-electron chi connectivity index (χ1n) is 6.46. The van der Waals surface area contributed by atoms with Crippen LogP contribution < -0.4 is 11.5 Å². The molecule has 0 spiro atoms. The Bertz CT molecular complexity index is 736. The fourth-order valence-electron chi connectivity index (χ4n) is 2.08. The van der Waals surface area contributed by atoms with Crippen LogP contribution in [0.4, 0.5) is 42.1 Å². The van der Waals surface area contributed by atoms with E-state index < -0.39 is 29.1 Å². The Labute approximate surface area is 131 Å². The van der Waals surface area contributed by atoms with E-state index in [2.05, 4.69) is 0 Å². The molecule has 0 saturated heterocycles. The van der Waals surface area contributed by atoms with Crippen molar-refractivity contribution in [2.45, 2.75) is 18.0 Å². The number of nitrogens with two attached hydrogens (primary N) is 2. The van der Waals surface area contributed by atoms with Crippen molar-refractivity contribution < 1.29 is 30.7 Å². The minimum Gasteiger partial charge on any atom is -0.399 e. The van der Waals surface area contributed by atoms with E-state index in [1.165, 1.54) is 24.3 Å². The Morgan fingerprint density at radius 3 is 1.67 bits per heavy atom. The Morgan fingerprint density at radius 2 is 1.17 bits per heavy atom. The Morgan fingerprint density at radius 1 is 0.667 bits per heavy atom. The van der Waals surface area contributed by atoms with Crippen molar-refractivity contribution in [3.8, 4) is 11.1 Å². The molecule has 0 fully saturated rings. The minimum atomic E-state index is -6.43. The Balaban J connectivity index is 2.69. The summed E-state index contributed by atoms with van der Waals surface area (Å²) in [7, 11) is 0. The molecule has 2 nitrogen and oxygen atoms in total. The van der Waals surface area contributed by atoms with Crippen LogP contribution in [0.5, 0.6) is 0 Å². The van der Waals surface area contributed by atoms with Crippen LogP contribution in [0.2, 0.25) is 0 Å². The van der Waals surface area contributed by atoms with Crippen LogP contribution in [-0.2, 0) is 5.92 Å². The first kappa shape index (κ1) is 17.9. The molecule has 0 unspecified atom stereocenters.